The van der Waals surface area contributed by atoms with E-state index in [9.17, 15) is 13.5 Å². The first-order valence-corrected chi connectivity index (χ1v) is 9.31. The number of hydrogen-bond donors (Lipinski definition) is 2. The number of hydrogen-bond acceptors (Lipinski definition) is 4. The van der Waals surface area contributed by atoms with Gasteiger partial charge in [0.2, 0.25) is 10.0 Å². The summed E-state index contributed by atoms with van der Waals surface area (Å²) in [6.07, 6.45) is 4.66. The Labute approximate surface area is 136 Å². The molecule has 2 atom stereocenters. The van der Waals surface area contributed by atoms with Gasteiger partial charge < -0.3 is 5.11 Å². The molecule has 2 N–H and O–H groups in total. The lowest BCUT2D eigenvalue weighted by Crippen LogP contribution is -2.38. The number of benzene rings is 1. The van der Waals surface area contributed by atoms with Crippen LogP contribution in [0.2, 0.25) is 0 Å². The van der Waals surface area contributed by atoms with E-state index in [2.05, 4.69) is 9.82 Å². The van der Waals surface area contributed by atoms with Crippen LogP contribution in [-0.2, 0) is 23.1 Å². The zero-order chi connectivity index (χ0) is 16.3. The number of nitrogens with zero attached hydrogens (tertiary/aromatic N) is 2. The fourth-order valence-electron chi connectivity index (χ4n) is 3.01. The van der Waals surface area contributed by atoms with Gasteiger partial charge in [0.1, 0.15) is 5.25 Å². The van der Waals surface area contributed by atoms with Crippen molar-refractivity contribution in [3.63, 3.8) is 0 Å². The predicted molar refractivity (Wildman–Crippen MR) is 87.2 cm³/mol. The molecule has 0 bridgehead atoms. The summed E-state index contributed by atoms with van der Waals surface area (Å²) in [6.45, 7) is 0.819. The average Bonchev–Trinajstić information content (AvgIpc) is 3.18. The van der Waals surface area contributed by atoms with E-state index in [4.69, 9.17) is 0 Å². The highest BCUT2D eigenvalue weighted by atomic mass is 32.2. The Morgan fingerprint density at radius 3 is 2.65 bits per heavy atom. The Hall–Kier alpha value is -1.70. The molecular weight excluding hydrogens is 314 g/mol. The van der Waals surface area contributed by atoms with Crippen molar-refractivity contribution in [2.45, 2.75) is 43.7 Å². The van der Waals surface area contributed by atoms with Gasteiger partial charge in [-0.1, -0.05) is 24.3 Å². The van der Waals surface area contributed by atoms with Gasteiger partial charge in [0.05, 0.1) is 12.6 Å². The third-order valence-corrected chi connectivity index (χ3v) is 6.18. The van der Waals surface area contributed by atoms with Crippen molar-refractivity contribution in [2.24, 2.45) is 0 Å². The van der Waals surface area contributed by atoms with Gasteiger partial charge in [-0.3, -0.25) is 4.68 Å². The normalized spacial score (nSPS) is 21.6. The van der Waals surface area contributed by atoms with Crippen molar-refractivity contribution < 1.29 is 13.5 Å². The molecule has 0 spiro atoms. The predicted octanol–water partition coefficient (Wildman–Crippen LogP) is 1.26. The molecule has 6 nitrogen and oxygen atoms in total. The van der Waals surface area contributed by atoms with Gasteiger partial charge in [-0.15, -0.1) is 0 Å². The van der Waals surface area contributed by atoms with Crippen molar-refractivity contribution in [3.05, 3.63) is 53.9 Å². The maximum absolute atomic E-state index is 12.4. The molecule has 0 saturated heterocycles. The van der Waals surface area contributed by atoms with Gasteiger partial charge in [0, 0.05) is 18.9 Å². The van der Waals surface area contributed by atoms with E-state index in [0.29, 0.717) is 19.4 Å². The minimum Gasteiger partial charge on any atom is -0.392 e. The quantitative estimate of drug-likeness (QED) is 0.832. The maximum atomic E-state index is 12.4. The SMILES string of the molecule is O=S(=O)(NCc1ccccc1Cn1cccn1)[C@@H]1CCC[C@H]1O. The molecule has 0 unspecified atom stereocenters. The molecule has 2 aromatic rings. The van der Waals surface area contributed by atoms with Crippen LogP contribution in [0.25, 0.3) is 0 Å². The number of rotatable bonds is 6. The van der Waals surface area contributed by atoms with Crippen LogP contribution in [0.5, 0.6) is 0 Å². The van der Waals surface area contributed by atoms with Crippen molar-refractivity contribution >= 4 is 10.0 Å². The van der Waals surface area contributed by atoms with Crippen LogP contribution in [0, 0.1) is 0 Å². The second-order valence-electron chi connectivity index (χ2n) is 5.88. The van der Waals surface area contributed by atoms with E-state index >= 15 is 0 Å². The van der Waals surface area contributed by atoms with Crippen LogP contribution >= 0.6 is 0 Å². The maximum Gasteiger partial charge on any atom is 0.217 e. The number of nitrogens with one attached hydrogen (secondary N) is 1. The Kier molecular flexibility index (Phi) is 4.79. The van der Waals surface area contributed by atoms with E-state index in [1.165, 1.54) is 0 Å². The summed E-state index contributed by atoms with van der Waals surface area (Å²) in [5, 5.41) is 13.3. The highest BCUT2D eigenvalue weighted by Crippen LogP contribution is 2.25. The highest BCUT2D eigenvalue weighted by molar-refractivity contribution is 7.90. The Bertz CT molecular complexity index is 744. The van der Waals surface area contributed by atoms with Crippen LogP contribution in [0.1, 0.15) is 30.4 Å². The summed E-state index contributed by atoms with van der Waals surface area (Å²) in [6, 6.07) is 9.55. The Morgan fingerprint density at radius 2 is 2.00 bits per heavy atom. The molecule has 1 aliphatic rings. The fraction of sp³-hybridized carbons (Fsp3) is 0.438. The van der Waals surface area contributed by atoms with Crippen LogP contribution in [0.3, 0.4) is 0 Å². The summed E-state index contributed by atoms with van der Waals surface area (Å²) in [4.78, 5) is 0. The third-order valence-electron chi connectivity index (χ3n) is 4.29. The lowest BCUT2D eigenvalue weighted by atomic mass is 10.1. The fourth-order valence-corrected chi connectivity index (χ4v) is 4.60. The summed E-state index contributed by atoms with van der Waals surface area (Å²) in [5.74, 6) is 0. The molecule has 1 aromatic carbocycles. The molecule has 0 amide bonds. The molecule has 7 heteroatoms. The van der Waals surface area contributed by atoms with Crippen molar-refractivity contribution in [3.8, 4) is 0 Å². The summed E-state index contributed by atoms with van der Waals surface area (Å²) < 4.78 is 29.2. The highest BCUT2D eigenvalue weighted by Gasteiger charge is 2.36. The van der Waals surface area contributed by atoms with Gasteiger partial charge in [0.25, 0.3) is 0 Å². The van der Waals surface area contributed by atoms with Gasteiger partial charge in [0.15, 0.2) is 0 Å². The van der Waals surface area contributed by atoms with Gasteiger partial charge in [-0.05, 0) is 36.5 Å². The van der Waals surface area contributed by atoms with Gasteiger partial charge in [-0.2, -0.15) is 5.10 Å². The Morgan fingerprint density at radius 1 is 1.22 bits per heavy atom. The van der Waals surface area contributed by atoms with E-state index in [0.717, 1.165) is 17.5 Å². The lowest BCUT2D eigenvalue weighted by Gasteiger charge is -2.17. The minimum absolute atomic E-state index is 0.225. The number of aliphatic hydroxyl groups excluding tert-OH is 1. The molecule has 1 heterocycles. The molecule has 0 radical (unpaired) electrons. The van der Waals surface area contributed by atoms with Crippen LogP contribution in [-0.4, -0.2) is 34.7 Å². The van der Waals surface area contributed by atoms with E-state index < -0.39 is 21.4 Å². The second kappa shape index (κ2) is 6.82. The van der Waals surface area contributed by atoms with Gasteiger partial charge in [-0.25, -0.2) is 13.1 Å². The molecule has 124 valence electrons. The number of aromatic nitrogens is 2. The molecule has 0 aliphatic heterocycles. The number of aliphatic hydroxyl groups is 1. The van der Waals surface area contributed by atoms with E-state index in [1.54, 1.807) is 10.9 Å². The lowest BCUT2D eigenvalue weighted by molar-refractivity contribution is 0.184. The summed E-state index contributed by atoms with van der Waals surface area (Å²) in [7, 11) is -3.51. The number of sulfonamides is 1. The second-order valence-corrected chi connectivity index (χ2v) is 7.86. The van der Waals surface area contributed by atoms with Crippen molar-refractivity contribution in [1.29, 1.82) is 0 Å². The van der Waals surface area contributed by atoms with Crippen molar-refractivity contribution in [2.75, 3.05) is 0 Å². The first-order valence-electron chi connectivity index (χ1n) is 7.77. The molecule has 1 aliphatic carbocycles. The molecule has 3 rings (SSSR count). The molecule has 23 heavy (non-hydrogen) atoms. The van der Waals surface area contributed by atoms with E-state index in [1.807, 2.05) is 36.5 Å². The first kappa shape index (κ1) is 16.2. The van der Waals surface area contributed by atoms with Crippen LogP contribution in [0.4, 0.5) is 0 Å². The monoisotopic (exact) mass is 335 g/mol. The van der Waals surface area contributed by atoms with Gasteiger partial charge >= 0.3 is 0 Å². The minimum atomic E-state index is -3.51. The first-order chi connectivity index (χ1) is 11.1. The largest absolute Gasteiger partial charge is 0.392 e. The molecule has 1 saturated carbocycles. The third kappa shape index (κ3) is 3.80. The summed E-state index contributed by atoms with van der Waals surface area (Å²) >= 11 is 0. The Balaban J connectivity index is 1.71. The average molecular weight is 335 g/mol. The standard InChI is InChI=1S/C16H21N3O3S/c20-15-7-3-8-16(15)23(21,22)18-11-13-5-1-2-6-14(13)12-19-10-4-9-17-19/h1-2,4-6,9-10,15-16,18,20H,3,7-8,11-12H2/t15-,16-/m1/s1. The smallest absolute Gasteiger partial charge is 0.217 e. The summed E-state index contributed by atoms with van der Waals surface area (Å²) in [5.41, 5.74) is 1.94. The van der Waals surface area contributed by atoms with E-state index in [-0.39, 0.29) is 6.54 Å². The van der Waals surface area contributed by atoms with Crippen LogP contribution in [0.15, 0.2) is 42.7 Å². The topological polar surface area (TPSA) is 84.2 Å². The zero-order valence-electron chi connectivity index (χ0n) is 12.8. The zero-order valence-corrected chi connectivity index (χ0v) is 13.6. The molecule has 1 fully saturated rings. The van der Waals surface area contributed by atoms with Crippen molar-refractivity contribution in [1.82, 2.24) is 14.5 Å². The molecule has 1 aromatic heterocycles. The van der Waals surface area contributed by atoms with Crippen LogP contribution < -0.4 is 4.72 Å². The molecular formula is C16H21N3O3S.